The monoisotopic (exact) mass is 223 g/mol. The Labute approximate surface area is 97.8 Å². The number of nitrogens with one attached hydrogen (secondary N) is 1. The van der Waals surface area contributed by atoms with Gasteiger partial charge >= 0.3 is 0 Å². The van der Waals surface area contributed by atoms with Crippen molar-refractivity contribution in [2.45, 2.75) is 19.8 Å². The first-order chi connectivity index (χ1) is 7.76. The Balaban J connectivity index is 3.05. The molecule has 1 N–H and O–H groups in total. The molecule has 3 heteroatoms. The van der Waals surface area contributed by atoms with Crippen LogP contribution in [0.1, 0.15) is 18.1 Å². The smallest absolute Gasteiger partial charge is 0.161 e. The molecule has 0 aromatic heterocycles. The average Bonchev–Trinajstić information content (AvgIpc) is 2.35. The zero-order valence-corrected chi connectivity index (χ0v) is 10.6. The fraction of sp³-hybridized carbons (Fsp3) is 0.538. The number of hydrogen-bond donors (Lipinski definition) is 1. The van der Waals surface area contributed by atoms with Gasteiger partial charge in [0.2, 0.25) is 0 Å². The maximum Gasteiger partial charge on any atom is 0.161 e. The van der Waals surface area contributed by atoms with E-state index in [0.717, 1.165) is 30.9 Å². The minimum atomic E-state index is 0.811. The molecule has 0 aliphatic carbocycles. The van der Waals surface area contributed by atoms with Crippen LogP contribution in [-0.4, -0.2) is 27.8 Å². The Morgan fingerprint density at radius 2 is 1.62 bits per heavy atom. The van der Waals surface area contributed by atoms with Gasteiger partial charge in [0.1, 0.15) is 0 Å². The molecule has 1 rings (SSSR count). The zero-order chi connectivity index (χ0) is 12.0. The summed E-state index contributed by atoms with van der Waals surface area (Å²) in [6.07, 6.45) is 2.03. The average molecular weight is 223 g/mol. The molecule has 0 amide bonds. The summed E-state index contributed by atoms with van der Waals surface area (Å²) in [4.78, 5) is 0. The third kappa shape index (κ3) is 2.89. The number of methoxy groups -OCH3 is 2. The summed E-state index contributed by atoms with van der Waals surface area (Å²) in [6.45, 7) is 3.13. The van der Waals surface area contributed by atoms with Crippen molar-refractivity contribution < 1.29 is 9.47 Å². The van der Waals surface area contributed by atoms with Crippen LogP contribution in [0.5, 0.6) is 11.5 Å². The van der Waals surface area contributed by atoms with Crippen molar-refractivity contribution in [3.05, 3.63) is 23.3 Å². The number of benzene rings is 1. The fourth-order valence-corrected chi connectivity index (χ4v) is 1.78. The van der Waals surface area contributed by atoms with Crippen LogP contribution in [0.3, 0.4) is 0 Å². The molecule has 16 heavy (non-hydrogen) atoms. The van der Waals surface area contributed by atoms with Gasteiger partial charge in [0.15, 0.2) is 11.5 Å². The van der Waals surface area contributed by atoms with Crippen LogP contribution in [0.25, 0.3) is 0 Å². The van der Waals surface area contributed by atoms with Crippen molar-refractivity contribution in [3.63, 3.8) is 0 Å². The predicted molar refractivity (Wildman–Crippen MR) is 66.6 cm³/mol. The van der Waals surface area contributed by atoms with E-state index in [1.54, 1.807) is 14.2 Å². The SMILES string of the molecule is CCc1cc(OC)c(OC)cc1CCNC. The Bertz CT molecular complexity index is 337. The van der Waals surface area contributed by atoms with Crippen LogP contribution in [-0.2, 0) is 12.8 Å². The fourth-order valence-electron chi connectivity index (χ4n) is 1.78. The highest BCUT2D eigenvalue weighted by Gasteiger charge is 2.09. The molecule has 0 heterocycles. The van der Waals surface area contributed by atoms with Gasteiger partial charge < -0.3 is 14.8 Å². The van der Waals surface area contributed by atoms with Gasteiger partial charge in [0, 0.05) is 0 Å². The predicted octanol–water partition coefficient (Wildman–Crippen LogP) is 2.03. The third-order valence-corrected chi connectivity index (χ3v) is 2.73. The van der Waals surface area contributed by atoms with Crippen molar-refractivity contribution in [3.8, 4) is 11.5 Å². The first kappa shape index (κ1) is 12.8. The van der Waals surface area contributed by atoms with Gasteiger partial charge in [-0.15, -0.1) is 0 Å². The molecule has 0 unspecified atom stereocenters. The number of likely N-dealkylation sites (N-methyl/N-ethyl adjacent to an activating group) is 1. The van der Waals surface area contributed by atoms with E-state index in [1.807, 2.05) is 7.05 Å². The number of aryl methyl sites for hydroxylation is 1. The van der Waals surface area contributed by atoms with Crippen LogP contribution in [0, 0.1) is 0 Å². The van der Waals surface area contributed by atoms with E-state index < -0.39 is 0 Å². The van der Waals surface area contributed by atoms with E-state index in [4.69, 9.17) is 9.47 Å². The molecule has 0 aliphatic heterocycles. The van der Waals surface area contributed by atoms with Crippen LogP contribution in [0.2, 0.25) is 0 Å². The molecule has 1 aromatic rings. The van der Waals surface area contributed by atoms with E-state index in [9.17, 15) is 0 Å². The number of rotatable bonds is 6. The second-order valence-electron chi connectivity index (χ2n) is 3.68. The lowest BCUT2D eigenvalue weighted by molar-refractivity contribution is 0.354. The highest BCUT2D eigenvalue weighted by atomic mass is 16.5. The van der Waals surface area contributed by atoms with E-state index in [0.29, 0.717) is 0 Å². The highest BCUT2D eigenvalue weighted by molar-refractivity contribution is 5.47. The van der Waals surface area contributed by atoms with Gasteiger partial charge in [0.05, 0.1) is 14.2 Å². The molecule has 0 radical (unpaired) electrons. The van der Waals surface area contributed by atoms with E-state index in [-0.39, 0.29) is 0 Å². The minimum absolute atomic E-state index is 0.811. The summed E-state index contributed by atoms with van der Waals surface area (Å²) in [5.41, 5.74) is 2.66. The summed E-state index contributed by atoms with van der Waals surface area (Å²) in [7, 11) is 5.31. The largest absolute Gasteiger partial charge is 0.493 e. The lowest BCUT2D eigenvalue weighted by atomic mass is 10.0. The summed E-state index contributed by atoms with van der Waals surface area (Å²) in [5.74, 6) is 1.62. The van der Waals surface area contributed by atoms with Gasteiger partial charge in [0.25, 0.3) is 0 Å². The molecule has 90 valence electrons. The topological polar surface area (TPSA) is 30.5 Å². The van der Waals surface area contributed by atoms with Crippen molar-refractivity contribution in [2.75, 3.05) is 27.8 Å². The molecule has 0 saturated carbocycles. The molecule has 0 saturated heterocycles. The maximum atomic E-state index is 5.31. The molecule has 0 aliphatic rings. The number of ether oxygens (including phenoxy) is 2. The van der Waals surface area contributed by atoms with Crippen molar-refractivity contribution in [1.82, 2.24) is 5.32 Å². The normalized spacial score (nSPS) is 10.2. The van der Waals surface area contributed by atoms with Gasteiger partial charge in [-0.3, -0.25) is 0 Å². The van der Waals surface area contributed by atoms with Crippen molar-refractivity contribution in [2.24, 2.45) is 0 Å². The Morgan fingerprint density at radius 1 is 1.06 bits per heavy atom. The first-order valence-corrected chi connectivity index (χ1v) is 5.65. The molecule has 0 bridgehead atoms. The molecule has 0 fully saturated rings. The van der Waals surface area contributed by atoms with Gasteiger partial charge in [-0.25, -0.2) is 0 Å². The summed E-state index contributed by atoms with van der Waals surface area (Å²) in [5, 5.41) is 3.16. The van der Waals surface area contributed by atoms with Crippen LogP contribution >= 0.6 is 0 Å². The van der Waals surface area contributed by atoms with Crippen LogP contribution < -0.4 is 14.8 Å². The molecule has 3 nitrogen and oxygen atoms in total. The van der Waals surface area contributed by atoms with Gasteiger partial charge in [-0.1, -0.05) is 6.92 Å². The quantitative estimate of drug-likeness (QED) is 0.800. The van der Waals surface area contributed by atoms with E-state index in [1.165, 1.54) is 11.1 Å². The van der Waals surface area contributed by atoms with Crippen molar-refractivity contribution >= 4 is 0 Å². The van der Waals surface area contributed by atoms with Gasteiger partial charge in [-0.2, -0.15) is 0 Å². The second-order valence-corrected chi connectivity index (χ2v) is 3.68. The Kier molecular flexibility index (Phi) is 5.12. The Hall–Kier alpha value is -1.22. The minimum Gasteiger partial charge on any atom is -0.493 e. The number of hydrogen-bond acceptors (Lipinski definition) is 3. The van der Waals surface area contributed by atoms with Gasteiger partial charge in [-0.05, 0) is 49.7 Å². The molecular weight excluding hydrogens is 202 g/mol. The summed E-state index contributed by atoms with van der Waals surface area (Å²) < 4.78 is 10.6. The summed E-state index contributed by atoms with van der Waals surface area (Å²) in [6, 6.07) is 4.15. The zero-order valence-electron chi connectivity index (χ0n) is 10.6. The standard InChI is InChI=1S/C13H21NO2/c1-5-10-8-12(15-3)13(16-4)9-11(10)6-7-14-2/h8-9,14H,5-7H2,1-4H3. The third-order valence-electron chi connectivity index (χ3n) is 2.73. The lowest BCUT2D eigenvalue weighted by Gasteiger charge is -2.14. The molecule has 0 atom stereocenters. The second kappa shape index (κ2) is 6.38. The van der Waals surface area contributed by atoms with Crippen LogP contribution in [0.4, 0.5) is 0 Å². The maximum absolute atomic E-state index is 5.31. The Morgan fingerprint density at radius 3 is 2.06 bits per heavy atom. The first-order valence-electron chi connectivity index (χ1n) is 5.65. The molecule has 1 aromatic carbocycles. The van der Waals surface area contributed by atoms with E-state index in [2.05, 4.69) is 24.4 Å². The molecular formula is C13H21NO2. The summed E-state index contributed by atoms with van der Waals surface area (Å²) >= 11 is 0. The van der Waals surface area contributed by atoms with Crippen molar-refractivity contribution in [1.29, 1.82) is 0 Å². The lowest BCUT2D eigenvalue weighted by Crippen LogP contribution is -2.11. The van der Waals surface area contributed by atoms with E-state index >= 15 is 0 Å². The van der Waals surface area contributed by atoms with Crippen LogP contribution in [0.15, 0.2) is 12.1 Å². The highest BCUT2D eigenvalue weighted by Crippen LogP contribution is 2.30. The molecule has 0 spiro atoms.